The van der Waals surface area contributed by atoms with Gasteiger partial charge in [0.15, 0.2) is 5.13 Å². The van der Waals surface area contributed by atoms with Gasteiger partial charge in [0.25, 0.3) is 0 Å². The molecule has 1 fully saturated rings. The summed E-state index contributed by atoms with van der Waals surface area (Å²) in [5, 5.41) is 4.35. The maximum absolute atomic E-state index is 14.3. The molecule has 0 saturated carbocycles. The molecular weight excluding hydrogens is 567 g/mol. The summed E-state index contributed by atoms with van der Waals surface area (Å²) >= 11 is 1.79. The number of halogens is 1. The van der Waals surface area contributed by atoms with Crippen LogP contribution in [0.5, 0.6) is 0 Å². The van der Waals surface area contributed by atoms with Crippen LogP contribution in [0.3, 0.4) is 0 Å². The van der Waals surface area contributed by atoms with Crippen LogP contribution >= 0.6 is 11.3 Å². The van der Waals surface area contributed by atoms with Gasteiger partial charge in [0.05, 0.1) is 10.2 Å². The van der Waals surface area contributed by atoms with Gasteiger partial charge >= 0.3 is 0 Å². The van der Waals surface area contributed by atoms with Crippen molar-refractivity contribution in [2.75, 3.05) is 37.6 Å². The van der Waals surface area contributed by atoms with Crippen LogP contribution in [-0.4, -0.2) is 48.5 Å². The number of thiazole rings is 1. The first-order chi connectivity index (χ1) is 21.6. The normalized spacial score (nSPS) is 16.0. The van der Waals surface area contributed by atoms with Crippen molar-refractivity contribution >= 4 is 32.6 Å². The summed E-state index contributed by atoms with van der Waals surface area (Å²) in [5.74, 6) is -0.260. The molecule has 4 aromatic carbocycles. The van der Waals surface area contributed by atoms with E-state index in [1.165, 1.54) is 16.8 Å². The van der Waals surface area contributed by atoms with Crippen LogP contribution in [-0.2, 0) is 16.8 Å². The van der Waals surface area contributed by atoms with Crippen LogP contribution in [0.1, 0.15) is 42.4 Å². The highest BCUT2D eigenvalue weighted by Gasteiger charge is 2.48. The number of rotatable bonds is 9. The van der Waals surface area contributed by atoms with Gasteiger partial charge in [-0.15, -0.1) is 0 Å². The van der Waals surface area contributed by atoms with Crippen LogP contribution < -0.4 is 10.2 Å². The number of aromatic nitrogens is 1. The second-order valence-corrected chi connectivity index (χ2v) is 12.9. The lowest BCUT2D eigenvalue weighted by Gasteiger charge is -2.31. The number of hydrogen-bond donors (Lipinski definition) is 1. The summed E-state index contributed by atoms with van der Waals surface area (Å²) in [6.07, 6.45) is 3.82. The Morgan fingerprint density at radius 2 is 1.52 bits per heavy atom. The fraction of sp³-hybridized carbons (Fsp3) is 0.297. The molecule has 7 heteroatoms. The van der Waals surface area contributed by atoms with Crippen molar-refractivity contribution in [3.05, 3.63) is 120 Å². The molecule has 1 N–H and O–H groups in total. The van der Waals surface area contributed by atoms with Crippen LogP contribution in [0.4, 0.5) is 9.52 Å². The zero-order chi connectivity index (χ0) is 29.9. The van der Waals surface area contributed by atoms with Crippen molar-refractivity contribution in [3.63, 3.8) is 0 Å². The van der Waals surface area contributed by atoms with Gasteiger partial charge in [-0.1, -0.05) is 90.6 Å². The number of amides is 1. The van der Waals surface area contributed by atoms with E-state index in [-0.39, 0.29) is 11.7 Å². The monoisotopic (exact) mass is 604 g/mol. The van der Waals surface area contributed by atoms with E-state index < -0.39 is 5.41 Å². The van der Waals surface area contributed by atoms with Gasteiger partial charge in [-0.05, 0) is 84.4 Å². The summed E-state index contributed by atoms with van der Waals surface area (Å²) in [7, 11) is 0. The number of fused-ring (bicyclic) bond motifs is 4. The number of carbonyl (C=O) groups is 1. The molecule has 44 heavy (non-hydrogen) atoms. The molecule has 5 aromatic rings. The van der Waals surface area contributed by atoms with Crippen molar-refractivity contribution < 1.29 is 9.18 Å². The summed E-state index contributed by atoms with van der Waals surface area (Å²) < 4.78 is 14.7. The maximum Gasteiger partial charge on any atom is 0.235 e. The Balaban J connectivity index is 1.04. The first-order valence-electron chi connectivity index (χ1n) is 15.7. The highest BCUT2D eigenvalue weighted by Crippen LogP contribution is 2.51. The average Bonchev–Trinajstić information content (AvgIpc) is 3.52. The molecule has 1 aliphatic heterocycles. The van der Waals surface area contributed by atoms with E-state index in [9.17, 15) is 9.18 Å². The van der Waals surface area contributed by atoms with Gasteiger partial charge in [-0.3, -0.25) is 4.79 Å². The molecule has 1 aromatic heterocycles. The van der Waals surface area contributed by atoms with E-state index in [1.807, 2.05) is 12.1 Å². The zero-order valence-corrected chi connectivity index (χ0v) is 25.7. The van der Waals surface area contributed by atoms with Gasteiger partial charge in [-0.25, -0.2) is 9.37 Å². The Labute approximate surface area is 262 Å². The van der Waals surface area contributed by atoms with E-state index in [0.29, 0.717) is 6.54 Å². The number of benzene rings is 4. The molecular formula is C37H37FN4OS. The summed E-state index contributed by atoms with van der Waals surface area (Å²) in [6, 6.07) is 31.4. The molecule has 1 saturated heterocycles. The van der Waals surface area contributed by atoms with Crippen molar-refractivity contribution in [2.45, 2.75) is 37.6 Å². The van der Waals surface area contributed by atoms with E-state index in [4.69, 9.17) is 4.98 Å². The first-order valence-corrected chi connectivity index (χ1v) is 16.5. The van der Waals surface area contributed by atoms with Crippen molar-refractivity contribution in [3.8, 4) is 11.1 Å². The third kappa shape index (κ3) is 5.51. The number of nitrogens with one attached hydrogen (secondary N) is 1. The number of nitrogens with zero attached hydrogens (tertiary/aromatic N) is 3. The Morgan fingerprint density at radius 3 is 2.27 bits per heavy atom. The topological polar surface area (TPSA) is 48.5 Å². The molecule has 1 amide bonds. The van der Waals surface area contributed by atoms with Crippen LogP contribution in [0.25, 0.3) is 21.3 Å². The minimum Gasteiger partial charge on any atom is -0.351 e. The lowest BCUT2D eigenvalue weighted by Crippen LogP contribution is -2.44. The Hall–Kier alpha value is -4.07. The predicted molar refractivity (Wildman–Crippen MR) is 178 cm³/mol. The summed E-state index contributed by atoms with van der Waals surface area (Å²) in [5.41, 5.74) is 5.66. The standard InChI is InChI=1S/C37H37FN4OS/c38-28-18-16-27(17-19-28)26-39-35(43)37(31-12-3-1-10-29(31)30-11-2-4-13-32(30)37)20-7-8-21-41-22-9-23-42(25-24-41)36-40-33-14-5-6-15-34(33)44-36/h1-6,10-19H,7-9,20-26H2,(H,39,43). The van der Waals surface area contributed by atoms with Crippen molar-refractivity contribution in [1.29, 1.82) is 0 Å². The maximum atomic E-state index is 14.3. The summed E-state index contributed by atoms with van der Waals surface area (Å²) in [6.45, 7) is 5.49. The molecule has 5 nitrogen and oxygen atoms in total. The fourth-order valence-electron chi connectivity index (χ4n) is 7.00. The van der Waals surface area contributed by atoms with Crippen molar-refractivity contribution in [2.24, 2.45) is 0 Å². The predicted octanol–water partition coefficient (Wildman–Crippen LogP) is 7.40. The molecule has 2 aliphatic rings. The number of anilines is 1. The van der Waals surface area contributed by atoms with Crippen molar-refractivity contribution in [1.82, 2.24) is 15.2 Å². The minimum absolute atomic E-state index is 0.0143. The highest BCUT2D eigenvalue weighted by molar-refractivity contribution is 7.22. The van der Waals surface area contributed by atoms with Gasteiger partial charge in [-0.2, -0.15) is 0 Å². The number of hydrogen-bond acceptors (Lipinski definition) is 5. The third-order valence-electron chi connectivity index (χ3n) is 9.24. The first kappa shape index (κ1) is 28.7. The molecule has 1 aliphatic carbocycles. The fourth-order valence-corrected chi connectivity index (χ4v) is 8.01. The van der Waals surface area contributed by atoms with E-state index in [2.05, 4.69) is 75.8 Å². The highest BCUT2D eigenvalue weighted by atomic mass is 32.1. The van der Waals surface area contributed by atoms with Gasteiger partial charge in [0.1, 0.15) is 11.2 Å². The van der Waals surface area contributed by atoms with Crippen LogP contribution in [0, 0.1) is 5.82 Å². The molecule has 0 spiro atoms. The Morgan fingerprint density at radius 1 is 0.818 bits per heavy atom. The number of para-hydroxylation sites is 1. The van der Waals surface area contributed by atoms with E-state index in [1.54, 1.807) is 23.5 Å². The van der Waals surface area contributed by atoms with E-state index in [0.717, 1.165) is 96.9 Å². The molecule has 0 unspecified atom stereocenters. The molecule has 0 bridgehead atoms. The molecule has 0 atom stereocenters. The quantitative estimate of drug-likeness (QED) is 0.178. The average molecular weight is 605 g/mol. The molecule has 7 rings (SSSR count). The van der Waals surface area contributed by atoms with E-state index >= 15 is 0 Å². The minimum atomic E-state index is -0.754. The lowest BCUT2D eigenvalue weighted by molar-refractivity contribution is -0.125. The van der Waals surface area contributed by atoms with Gasteiger partial charge in [0.2, 0.25) is 5.91 Å². The van der Waals surface area contributed by atoms with Gasteiger partial charge < -0.3 is 15.1 Å². The number of unbranched alkanes of at least 4 members (excludes halogenated alkanes) is 1. The van der Waals surface area contributed by atoms with Crippen LogP contribution in [0.15, 0.2) is 97.1 Å². The Kier molecular flexibility index (Phi) is 8.15. The smallest absolute Gasteiger partial charge is 0.235 e. The molecule has 224 valence electrons. The second-order valence-electron chi connectivity index (χ2n) is 11.9. The Bertz CT molecular complexity index is 1690. The molecule has 2 heterocycles. The van der Waals surface area contributed by atoms with Crippen LogP contribution in [0.2, 0.25) is 0 Å². The van der Waals surface area contributed by atoms with Gasteiger partial charge in [0, 0.05) is 26.2 Å². The number of carbonyl (C=O) groups excluding carboxylic acids is 1. The largest absolute Gasteiger partial charge is 0.351 e. The zero-order valence-electron chi connectivity index (χ0n) is 24.8. The molecule has 0 radical (unpaired) electrons. The second kappa shape index (κ2) is 12.5. The SMILES string of the molecule is O=C(NCc1ccc(F)cc1)C1(CCCCN2CCCN(c3nc4ccccc4s3)CC2)c2ccccc2-c2ccccc21. The summed E-state index contributed by atoms with van der Waals surface area (Å²) in [4.78, 5) is 24.2. The lowest BCUT2D eigenvalue weighted by atomic mass is 9.73. The third-order valence-corrected chi connectivity index (χ3v) is 10.3.